The zero-order chi connectivity index (χ0) is 33.1. The van der Waals surface area contributed by atoms with Gasteiger partial charge < -0.3 is 4.42 Å². The predicted molar refractivity (Wildman–Crippen MR) is 212 cm³/mol. The monoisotopic (exact) mass is 636 g/mol. The van der Waals surface area contributed by atoms with Gasteiger partial charge in [0.25, 0.3) is 0 Å². The summed E-state index contributed by atoms with van der Waals surface area (Å²) < 4.78 is 6.27. The highest BCUT2D eigenvalue weighted by atomic mass is 16.3. The van der Waals surface area contributed by atoms with Crippen LogP contribution in [0.2, 0.25) is 0 Å². The SMILES string of the molecule is CC1(C)c2cc(-c3ccc(-c4c5ccccc5cc5ccccc45)c4ccccc34)ccc2-c2c1ccc1cc3oc4ccccc4c3cc21. The molecule has 0 spiro atoms. The van der Waals surface area contributed by atoms with E-state index in [2.05, 4.69) is 166 Å². The van der Waals surface area contributed by atoms with Crippen molar-refractivity contribution < 1.29 is 4.42 Å². The average molecular weight is 637 g/mol. The van der Waals surface area contributed by atoms with Gasteiger partial charge in [0, 0.05) is 16.2 Å². The van der Waals surface area contributed by atoms with Crippen LogP contribution in [0.5, 0.6) is 0 Å². The number of furan rings is 1. The van der Waals surface area contributed by atoms with Crippen molar-refractivity contribution in [1.29, 1.82) is 0 Å². The van der Waals surface area contributed by atoms with Gasteiger partial charge in [0.2, 0.25) is 0 Å². The first-order valence-corrected chi connectivity index (χ1v) is 17.5. The van der Waals surface area contributed by atoms with E-state index in [4.69, 9.17) is 4.42 Å². The molecule has 50 heavy (non-hydrogen) atoms. The van der Waals surface area contributed by atoms with Crippen molar-refractivity contribution in [1.82, 2.24) is 0 Å². The van der Waals surface area contributed by atoms with E-state index in [0.29, 0.717) is 0 Å². The summed E-state index contributed by atoms with van der Waals surface area (Å²) >= 11 is 0. The first kappa shape index (κ1) is 27.7. The van der Waals surface area contributed by atoms with Gasteiger partial charge in [-0.3, -0.25) is 0 Å². The molecule has 0 amide bonds. The van der Waals surface area contributed by atoms with Crippen LogP contribution >= 0.6 is 0 Å². The van der Waals surface area contributed by atoms with Gasteiger partial charge in [-0.25, -0.2) is 0 Å². The van der Waals surface area contributed by atoms with Crippen LogP contribution in [0, 0.1) is 0 Å². The molecule has 1 heterocycles. The predicted octanol–water partition coefficient (Wildman–Crippen LogP) is 13.8. The average Bonchev–Trinajstić information content (AvgIpc) is 3.63. The van der Waals surface area contributed by atoms with E-state index in [0.717, 1.165) is 11.2 Å². The maximum absolute atomic E-state index is 6.27. The first-order chi connectivity index (χ1) is 24.5. The maximum atomic E-state index is 6.27. The molecule has 1 aromatic heterocycles. The highest BCUT2D eigenvalue weighted by molar-refractivity contribution is 6.18. The summed E-state index contributed by atoms with van der Waals surface area (Å²) in [6.45, 7) is 4.76. The molecule has 9 aromatic carbocycles. The molecule has 10 aromatic rings. The number of hydrogen-bond donors (Lipinski definition) is 0. The van der Waals surface area contributed by atoms with Crippen LogP contribution in [0.4, 0.5) is 0 Å². The second-order valence-corrected chi connectivity index (χ2v) is 14.4. The molecule has 0 saturated heterocycles. The van der Waals surface area contributed by atoms with Crippen molar-refractivity contribution in [2.45, 2.75) is 19.3 Å². The molecule has 0 bridgehead atoms. The molecule has 0 aliphatic heterocycles. The van der Waals surface area contributed by atoms with E-state index < -0.39 is 0 Å². The minimum absolute atomic E-state index is 0.139. The fourth-order valence-corrected chi connectivity index (χ4v) is 9.02. The first-order valence-electron chi connectivity index (χ1n) is 17.5. The second-order valence-electron chi connectivity index (χ2n) is 14.4. The van der Waals surface area contributed by atoms with Crippen LogP contribution in [-0.4, -0.2) is 0 Å². The quantitative estimate of drug-likeness (QED) is 0.172. The van der Waals surface area contributed by atoms with Crippen LogP contribution < -0.4 is 0 Å². The lowest BCUT2D eigenvalue weighted by Gasteiger charge is -2.22. The Balaban J connectivity index is 1.12. The zero-order valence-corrected chi connectivity index (χ0v) is 27.9. The Kier molecular flexibility index (Phi) is 5.51. The Morgan fingerprint density at radius 2 is 0.960 bits per heavy atom. The molecule has 11 rings (SSSR count). The number of fused-ring (bicyclic) bond motifs is 11. The lowest BCUT2D eigenvalue weighted by Crippen LogP contribution is -2.15. The van der Waals surface area contributed by atoms with Crippen LogP contribution in [0.25, 0.3) is 98.4 Å². The van der Waals surface area contributed by atoms with Crippen LogP contribution in [0.15, 0.2) is 162 Å². The third-order valence-electron chi connectivity index (χ3n) is 11.4. The fourth-order valence-electron chi connectivity index (χ4n) is 9.02. The highest BCUT2D eigenvalue weighted by Gasteiger charge is 2.37. The molecule has 0 radical (unpaired) electrons. The molecular weight excluding hydrogens is 605 g/mol. The lowest BCUT2D eigenvalue weighted by atomic mass is 9.81. The summed E-state index contributed by atoms with van der Waals surface area (Å²) in [6.07, 6.45) is 0. The molecule has 1 aliphatic carbocycles. The van der Waals surface area contributed by atoms with Crippen LogP contribution in [0.3, 0.4) is 0 Å². The fraction of sp³-hybridized carbons (Fsp3) is 0.0612. The Hall–Kier alpha value is -6.18. The standard InChI is InChI=1S/C49H32O/c1-49(2)43-24-20-32-27-46-42(38-17-9-10-18-45(38)50-46)28-41(32)48(43)40-21-19-31(26-44(40)49)33-22-23-39(37-16-8-7-15-36(33)37)47-34-13-5-3-11-29(34)25-30-12-4-6-14-35(30)47/h3-28H,1-2H3. The maximum Gasteiger partial charge on any atom is 0.136 e. The third-order valence-corrected chi connectivity index (χ3v) is 11.4. The topological polar surface area (TPSA) is 13.1 Å². The molecule has 1 nitrogen and oxygen atoms in total. The largest absolute Gasteiger partial charge is 0.456 e. The van der Waals surface area contributed by atoms with Crippen molar-refractivity contribution >= 4 is 65.0 Å². The Labute approximate surface area is 290 Å². The van der Waals surface area contributed by atoms with Gasteiger partial charge in [-0.05, 0) is 118 Å². The Morgan fingerprint density at radius 3 is 1.72 bits per heavy atom. The molecule has 0 unspecified atom stereocenters. The second kappa shape index (κ2) is 9.94. The molecule has 1 aliphatic rings. The summed E-state index contributed by atoms with van der Waals surface area (Å²) in [5.74, 6) is 0. The lowest BCUT2D eigenvalue weighted by molar-refractivity contribution is 0.661. The van der Waals surface area contributed by atoms with Gasteiger partial charge >= 0.3 is 0 Å². The van der Waals surface area contributed by atoms with Crippen molar-refractivity contribution in [2.75, 3.05) is 0 Å². The Bertz CT molecular complexity index is 3010. The zero-order valence-electron chi connectivity index (χ0n) is 27.9. The molecular formula is C49H32O. The van der Waals surface area contributed by atoms with Gasteiger partial charge in [-0.2, -0.15) is 0 Å². The smallest absolute Gasteiger partial charge is 0.136 e. The van der Waals surface area contributed by atoms with Crippen molar-refractivity contribution in [3.8, 4) is 33.4 Å². The highest BCUT2D eigenvalue weighted by Crippen LogP contribution is 2.53. The minimum atomic E-state index is -0.139. The summed E-state index contributed by atoms with van der Waals surface area (Å²) in [7, 11) is 0. The van der Waals surface area contributed by atoms with Crippen molar-refractivity contribution in [2.24, 2.45) is 0 Å². The van der Waals surface area contributed by atoms with E-state index in [9.17, 15) is 0 Å². The van der Waals surface area contributed by atoms with Crippen LogP contribution in [-0.2, 0) is 5.41 Å². The summed E-state index contributed by atoms with van der Waals surface area (Å²) in [4.78, 5) is 0. The van der Waals surface area contributed by atoms with Gasteiger partial charge in [-0.15, -0.1) is 0 Å². The van der Waals surface area contributed by atoms with Gasteiger partial charge in [0.05, 0.1) is 0 Å². The third kappa shape index (κ3) is 3.72. The van der Waals surface area contributed by atoms with E-state index in [1.165, 1.54) is 98.4 Å². The van der Waals surface area contributed by atoms with Crippen molar-refractivity contribution in [3.63, 3.8) is 0 Å². The van der Waals surface area contributed by atoms with Crippen LogP contribution in [0.1, 0.15) is 25.0 Å². The minimum Gasteiger partial charge on any atom is -0.456 e. The van der Waals surface area contributed by atoms with E-state index in [-0.39, 0.29) is 5.41 Å². The molecule has 0 atom stereocenters. The molecule has 0 saturated carbocycles. The molecule has 1 heteroatoms. The summed E-state index contributed by atoms with van der Waals surface area (Å²) in [5.41, 5.74) is 12.3. The normalized spacial score (nSPS) is 13.6. The summed E-state index contributed by atoms with van der Waals surface area (Å²) in [5, 5.41) is 12.5. The number of para-hydroxylation sites is 1. The molecule has 0 N–H and O–H groups in total. The molecule has 234 valence electrons. The van der Waals surface area contributed by atoms with Crippen molar-refractivity contribution in [3.05, 3.63) is 169 Å². The van der Waals surface area contributed by atoms with Gasteiger partial charge in [0.15, 0.2) is 0 Å². The number of hydrogen-bond acceptors (Lipinski definition) is 1. The summed E-state index contributed by atoms with van der Waals surface area (Å²) in [6, 6.07) is 58.3. The molecule has 0 fully saturated rings. The van der Waals surface area contributed by atoms with Gasteiger partial charge in [0.1, 0.15) is 11.2 Å². The van der Waals surface area contributed by atoms with E-state index in [1.807, 2.05) is 6.07 Å². The van der Waals surface area contributed by atoms with E-state index >= 15 is 0 Å². The number of benzene rings is 9. The Morgan fingerprint density at radius 1 is 0.360 bits per heavy atom. The van der Waals surface area contributed by atoms with Gasteiger partial charge in [-0.1, -0.05) is 141 Å². The number of rotatable bonds is 2. The van der Waals surface area contributed by atoms with E-state index in [1.54, 1.807) is 0 Å².